The third kappa shape index (κ3) is 3.22. The molecule has 152 valence electrons. The summed E-state index contributed by atoms with van der Waals surface area (Å²) in [7, 11) is 1.58. The van der Waals surface area contributed by atoms with E-state index >= 15 is 0 Å². The highest BCUT2D eigenvalue weighted by atomic mass is 32.1. The first kappa shape index (κ1) is 19.6. The van der Waals surface area contributed by atoms with Gasteiger partial charge in [-0.15, -0.1) is 11.3 Å². The van der Waals surface area contributed by atoms with Crippen molar-refractivity contribution < 1.29 is 19.1 Å². The van der Waals surface area contributed by atoms with Crippen LogP contribution in [0.15, 0.2) is 35.7 Å². The topological polar surface area (TPSA) is 73.7 Å². The second kappa shape index (κ2) is 7.96. The number of imidazole rings is 1. The molecule has 2 atom stereocenters. The predicted octanol–water partition coefficient (Wildman–Crippen LogP) is 3.17. The number of carbonyl (C=O) groups excluding carboxylic acids is 2. The number of para-hydroxylation sites is 2. The van der Waals surface area contributed by atoms with Crippen molar-refractivity contribution in [3.05, 3.63) is 46.2 Å². The molecule has 7 nitrogen and oxygen atoms in total. The maximum absolute atomic E-state index is 13.5. The first-order valence-electron chi connectivity index (χ1n) is 9.56. The van der Waals surface area contributed by atoms with Gasteiger partial charge in [-0.2, -0.15) is 0 Å². The first-order chi connectivity index (χ1) is 14.1. The summed E-state index contributed by atoms with van der Waals surface area (Å²) < 4.78 is 12.5. The van der Waals surface area contributed by atoms with E-state index in [1.807, 2.05) is 47.2 Å². The third-order valence-corrected chi connectivity index (χ3v) is 6.26. The molecule has 2 aromatic heterocycles. The summed E-state index contributed by atoms with van der Waals surface area (Å²) in [5.41, 5.74) is 2.70. The van der Waals surface area contributed by atoms with Gasteiger partial charge in [-0.25, -0.2) is 4.98 Å². The number of methoxy groups -OCH3 is 1. The molecule has 3 heterocycles. The summed E-state index contributed by atoms with van der Waals surface area (Å²) in [5, 5.41) is 1.98. The van der Waals surface area contributed by atoms with Gasteiger partial charge in [-0.05, 0) is 43.0 Å². The van der Waals surface area contributed by atoms with Gasteiger partial charge in [0, 0.05) is 12.0 Å². The molecule has 0 bridgehead atoms. The number of rotatable bonds is 6. The fourth-order valence-corrected chi connectivity index (χ4v) is 4.91. The maximum atomic E-state index is 13.5. The number of ether oxygens (including phenoxy) is 2. The fourth-order valence-electron chi connectivity index (χ4n) is 3.86. The molecule has 0 fully saturated rings. The van der Waals surface area contributed by atoms with Gasteiger partial charge in [0.1, 0.15) is 0 Å². The minimum Gasteiger partial charge on any atom is -0.465 e. The molecule has 0 saturated heterocycles. The molecule has 29 heavy (non-hydrogen) atoms. The number of hydrogen-bond acceptors (Lipinski definition) is 6. The van der Waals surface area contributed by atoms with Crippen LogP contribution >= 0.6 is 11.3 Å². The summed E-state index contributed by atoms with van der Waals surface area (Å²) in [6.45, 7) is 4.61. The number of anilines is 1. The Kier molecular flexibility index (Phi) is 5.38. The zero-order chi connectivity index (χ0) is 20.5. The summed E-state index contributed by atoms with van der Waals surface area (Å²) in [4.78, 5) is 33.8. The molecule has 0 spiro atoms. The van der Waals surface area contributed by atoms with E-state index in [2.05, 4.69) is 0 Å². The summed E-state index contributed by atoms with van der Waals surface area (Å²) in [5.74, 6) is -1.26. The molecular weight excluding hydrogens is 390 g/mol. The van der Waals surface area contributed by atoms with Crippen LogP contribution in [0.2, 0.25) is 0 Å². The Bertz CT molecular complexity index is 1060. The Labute approximate surface area is 172 Å². The van der Waals surface area contributed by atoms with E-state index in [-0.39, 0.29) is 12.5 Å². The summed E-state index contributed by atoms with van der Waals surface area (Å²) in [6.07, 6.45) is 0. The molecular formula is C21H23N3O4S. The number of nitrogens with zero attached hydrogens (tertiary/aromatic N) is 3. The van der Waals surface area contributed by atoms with Crippen molar-refractivity contribution in [2.75, 3.05) is 31.8 Å². The van der Waals surface area contributed by atoms with Crippen LogP contribution in [0.4, 0.5) is 5.95 Å². The van der Waals surface area contributed by atoms with Crippen LogP contribution in [0.1, 0.15) is 23.4 Å². The van der Waals surface area contributed by atoms with Gasteiger partial charge in [0.25, 0.3) is 0 Å². The number of benzene rings is 1. The van der Waals surface area contributed by atoms with E-state index < -0.39 is 17.9 Å². The van der Waals surface area contributed by atoms with Crippen LogP contribution in [0, 0.1) is 12.8 Å². The number of carbonyl (C=O) groups is 2. The molecule has 0 aliphatic carbocycles. The minimum absolute atomic E-state index is 0.217. The van der Waals surface area contributed by atoms with E-state index in [0.29, 0.717) is 19.1 Å². The van der Waals surface area contributed by atoms with Crippen molar-refractivity contribution in [2.24, 2.45) is 5.92 Å². The quantitative estimate of drug-likeness (QED) is 0.458. The Hall–Kier alpha value is -2.71. The number of esters is 1. The summed E-state index contributed by atoms with van der Waals surface area (Å²) >= 11 is 1.54. The molecule has 1 aliphatic heterocycles. The fraction of sp³-hybridized carbons (Fsp3) is 0.381. The molecule has 0 N–H and O–H groups in total. The van der Waals surface area contributed by atoms with E-state index in [1.54, 1.807) is 30.3 Å². The van der Waals surface area contributed by atoms with Crippen molar-refractivity contribution in [1.29, 1.82) is 0 Å². The van der Waals surface area contributed by atoms with Crippen molar-refractivity contribution >= 4 is 40.2 Å². The minimum atomic E-state index is -0.978. The lowest BCUT2D eigenvalue weighted by atomic mass is 9.92. The molecule has 0 saturated carbocycles. The van der Waals surface area contributed by atoms with Gasteiger partial charge >= 0.3 is 5.97 Å². The van der Waals surface area contributed by atoms with Crippen LogP contribution < -0.4 is 4.90 Å². The monoisotopic (exact) mass is 413 g/mol. The Morgan fingerprint density at radius 3 is 2.76 bits per heavy atom. The molecule has 8 heteroatoms. The van der Waals surface area contributed by atoms with Crippen molar-refractivity contribution in [3.8, 4) is 0 Å². The van der Waals surface area contributed by atoms with Gasteiger partial charge < -0.3 is 9.47 Å². The van der Waals surface area contributed by atoms with Gasteiger partial charge in [-0.1, -0.05) is 12.1 Å². The third-order valence-electron chi connectivity index (χ3n) is 5.17. The number of amides is 1. The molecule has 0 unspecified atom stereocenters. The van der Waals surface area contributed by atoms with Crippen molar-refractivity contribution in [3.63, 3.8) is 0 Å². The second-order valence-electron chi connectivity index (χ2n) is 6.90. The average molecular weight is 413 g/mol. The van der Waals surface area contributed by atoms with Crippen LogP contribution in [-0.2, 0) is 19.1 Å². The Balaban J connectivity index is 1.98. The molecule has 1 aromatic carbocycles. The number of fused-ring (bicyclic) bond motifs is 3. The lowest BCUT2D eigenvalue weighted by molar-refractivity contribution is -0.153. The second-order valence-corrected chi connectivity index (χ2v) is 7.84. The molecule has 0 radical (unpaired) electrons. The zero-order valence-electron chi connectivity index (χ0n) is 16.6. The maximum Gasteiger partial charge on any atom is 0.321 e. The highest BCUT2D eigenvalue weighted by Gasteiger charge is 2.48. The van der Waals surface area contributed by atoms with E-state index in [9.17, 15) is 9.59 Å². The number of thiophene rings is 1. The summed E-state index contributed by atoms with van der Waals surface area (Å²) in [6, 6.07) is 9.23. The first-order valence-corrected chi connectivity index (χ1v) is 10.4. The van der Waals surface area contributed by atoms with E-state index in [0.717, 1.165) is 21.5 Å². The van der Waals surface area contributed by atoms with Gasteiger partial charge in [0.15, 0.2) is 5.92 Å². The van der Waals surface area contributed by atoms with Crippen molar-refractivity contribution in [2.45, 2.75) is 19.9 Å². The largest absolute Gasteiger partial charge is 0.465 e. The number of aryl methyl sites for hydroxylation is 1. The lowest BCUT2D eigenvalue weighted by Crippen LogP contribution is -2.51. The van der Waals surface area contributed by atoms with Crippen LogP contribution in [-0.4, -0.2) is 48.3 Å². The van der Waals surface area contributed by atoms with Crippen LogP contribution in [0.5, 0.6) is 0 Å². The van der Waals surface area contributed by atoms with E-state index in [4.69, 9.17) is 14.5 Å². The lowest BCUT2D eigenvalue weighted by Gasteiger charge is -2.37. The van der Waals surface area contributed by atoms with Gasteiger partial charge in [0.2, 0.25) is 11.9 Å². The smallest absolute Gasteiger partial charge is 0.321 e. The number of aromatic nitrogens is 2. The van der Waals surface area contributed by atoms with Crippen LogP contribution in [0.25, 0.3) is 11.0 Å². The SMILES string of the molecule is CCOC(=O)[C@@H]1C(=O)N(CCOC)c2nc3ccccc3n2[C@@H]1c1sccc1C. The van der Waals surface area contributed by atoms with Gasteiger partial charge in [-0.3, -0.25) is 19.1 Å². The average Bonchev–Trinajstić information content (AvgIpc) is 3.30. The molecule has 1 aliphatic rings. The van der Waals surface area contributed by atoms with E-state index in [1.165, 1.54) is 0 Å². The molecule has 1 amide bonds. The zero-order valence-corrected chi connectivity index (χ0v) is 17.4. The highest BCUT2D eigenvalue weighted by Crippen LogP contribution is 2.43. The normalized spacial score (nSPS) is 18.9. The molecule has 4 rings (SSSR count). The Morgan fingerprint density at radius 2 is 2.07 bits per heavy atom. The standard InChI is InChI=1S/C21H23N3O4S/c1-4-28-20(26)16-17(18-13(2)9-12-29-18)24-15-8-6-5-7-14(15)22-21(24)23(19(16)25)10-11-27-3/h5-9,12,16-17H,4,10-11H2,1-3H3/t16-,17-/m0/s1. The number of hydrogen-bond donors (Lipinski definition) is 0. The predicted molar refractivity (Wildman–Crippen MR) is 111 cm³/mol. The Morgan fingerprint density at radius 1 is 1.28 bits per heavy atom. The van der Waals surface area contributed by atoms with Crippen molar-refractivity contribution in [1.82, 2.24) is 9.55 Å². The van der Waals surface area contributed by atoms with Crippen LogP contribution in [0.3, 0.4) is 0 Å². The highest BCUT2D eigenvalue weighted by molar-refractivity contribution is 7.10. The van der Waals surface area contributed by atoms with Gasteiger partial charge in [0.05, 0.1) is 36.8 Å². The molecule has 3 aromatic rings.